The molecule has 72 valence electrons. The number of hydrogen-bond donors (Lipinski definition) is 0. The average Bonchev–Trinajstić information content (AvgIpc) is 2.67. The quantitative estimate of drug-likeness (QED) is 0.729. The van der Waals surface area contributed by atoms with Crippen LogP contribution < -0.4 is 0 Å². The van der Waals surface area contributed by atoms with Gasteiger partial charge in [0.15, 0.2) is 5.76 Å². The molecule has 0 unspecified atom stereocenters. The molecule has 1 aromatic heterocycles. The fourth-order valence-corrected chi connectivity index (χ4v) is 1.23. The van der Waals surface area contributed by atoms with E-state index >= 15 is 0 Å². The first-order valence-corrected chi connectivity index (χ1v) is 4.51. The molecule has 0 aliphatic rings. The number of aryl methyl sites for hydroxylation is 1. The van der Waals surface area contributed by atoms with Gasteiger partial charge in [0, 0.05) is 11.6 Å². The van der Waals surface area contributed by atoms with Crippen LogP contribution in [0.4, 0.5) is 4.39 Å². The molecular weight excluding hydrogens is 181 g/mol. The van der Waals surface area contributed by atoms with Crippen molar-refractivity contribution in [2.24, 2.45) is 0 Å². The fraction of sp³-hybridized carbons (Fsp3) is 0.182. The molecule has 0 atom stereocenters. The molecule has 0 fully saturated rings. The van der Waals surface area contributed by atoms with E-state index in [0.29, 0.717) is 5.76 Å². The van der Waals surface area contributed by atoms with E-state index in [1.807, 2.05) is 13.0 Å². The largest absolute Gasteiger partial charge is 0.356 e. The van der Waals surface area contributed by atoms with Gasteiger partial charge in [0.1, 0.15) is 5.82 Å². The van der Waals surface area contributed by atoms with Gasteiger partial charge < -0.3 is 4.52 Å². The number of hydrogen-bond acceptors (Lipinski definition) is 2. The molecule has 0 bridgehead atoms. The van der Waals surface area contributed by atoms with Gasteiger partial charge in [0.2, 0.25) is 0 Å². The zero-order valence-corrected chi connectivity index (χ0v) is 7.83. The van der Waals surface area contributed by atoms with Crippen molar-refractivity contribution < 1.29 is 8.91 Å². The normalized spacial score (nSPS) is 10.4. The maximum absolute atomic E-state index is 12.6. The highest BCUT2D eigenvalue weighted by molar-refractivity contribution is 5.56. The monoisotopic (exact) mass is 191 g/mol. The average molecular weight is 191 g/mol. The van der Waals surface area contributed by atoms with Crippen LogP contribution in [0.25, 0.3) is 11.3 Å². The summed E-state index contributed by atoms with van der Waals surface area (Å²) in [7, 11) is 0. The zero-order chi connectivity index (χ0) is 9.97. The minimum absolute atomic E-state index is 0.246. The number of aromatic nitrogens is 1. The number of rotatable bonds is 2. The Kier molecular flexibility index (Phi) is 2.31. The molecule has 2 rings (SSSR count). The van der Waals surface area contributed by atoms with Gasteiger partial charge in [0.05, 0.1) is 5.69 Å². The van der Waals surface area contributed by atoms with Crippen molar-refractivity contribution in [2.75, 3.05) is 0 Å². The topological polar surface area (TPSA) is 26.0 Å². The van der Waals surface area contributed by atoms with Crippen LogP contribution >= 0.6 is 0 Å². The van der Waals surface area contributed by atoms with Crippen molar-refractivity contribution >= 4 is 0 Å². The Bertz CT molecular complexity index is 419. The Morgan fingerprint density at radius 1 is 1.29 bits per heavy atom. The molecule has 0 saturated carbocycles. The van der Waals surface area contributed by atoms with E-state index in [-0.39, 0.29) is 5.82 Å². The Morgan fingerprint density at radius 2 is 2.00 bits per heavy atom. The lowest BCUT2D eigenvalue weighted by Crippen LogP contribution is -1.76. The van der Waals surface area contributed by atoms with Crippen LogP contribution in [0.2, 0.25) is 0 Å². The summed E-state index contributed by atoms with van der Waals surface area (Å²) in [4.78, 5) is 0. The van der Waals surface area contributed by atoms with Crippen molar-refractivity contribution in [3.05, 3.63) is 41.8 Å². The second-order valence-corrected chi connectivity index (χ2v) is 3.04. The molecule has 0 saturated heterocycles. The molecule has 0 spiro atoms. The molecule has 14 heavy (non-hydrogen) atoms. The Hall–Kier alpha value is -1.64. The van der Waals surface area contributed by atoms with Crippen LogP contribution in [-0.2, 0) is 6.42 Å². The molecule has 0 amide bonds. The van der Waals surface area contributed by atoms with Crippen LogP contribution in [0.5, 0.6) is 0 Å². The highest BCUT2D eigenvalue weighted by Crippen LogP contribution is 2.20. The molecule has 0 aliphatic heterocycles. The van der Waals surface area contributed by atoms with Crippen molar-refractivity contribution in [2.45, 2.75) is 13.3 Å². The summed E-state index contributed by atoms with van der Waals surface area (Å²) >= 11 is 0. The molecule has 1 heterocycles. The third-order valence-electron chi connectivity index (χ3n) is 2.05. The fourth-order valence-electron chi connectivity index (χ4n) is 1.23. The highest BCUT2D eigenvalue weighted by atomic mass is 19.1. The molecular formula is C11H10FNO. The van der Waals surface area contributed by atoms with Gasteiger partial charge in [-0.3, -0.25) is 0 Å². The van der Waals surface area contributed by atoms with E-state index in [9.17, 15) is 4.39 Å². The number of benzene rings is 1. The summed E-state index contributed by atoms with van der Waals surface area (Å²) in [6.07, 6.45) is 0.838. The van der Waals surface area contributed by atoms with E-state index in [1.54, 1.807) is 12.1 Å². The lowest BCUT2D eigenvalue weighted by molar-refractivity contribution is 0.424. The molecule has 0 radical (unpaired) electrons. The molecule has 0 N–H and O–H groups in total. The van der Waals surface area contributed by atoms with Crippen molar-refractivity contribution in [3.63, 3.8) is 0 Å². The second kappa shape index (κ2) is 3.62. The molecule has 2 nitrogen and oxygen atoms in total. The Labute approximate surface area is 81.3 Å². The first-order chi connectivity index (χ1) is 6.79. The SMILES string of the molecule is CCc1cc(-c2ccc(F)cc2)on1. The third-order valence-corrected chi connectivity index (χ3v) is 2.05. The van der Waals surface area contributed by atoms with Crippen molar-refractivity contribution in [3.8, 4) is 11.3 Å². The smallest absolute Gasteiger partial charge is 0.167 e. The van der Waals surface area contributed by atoms with Gasteiger partial charge in [0.25, 0.3) is 0 Å². The number of halogens is 1. The van der Waals surface area contributed by atoms with Gasteiger partial charge >= 0.3 is 0 Å². The maximum Gasteiger partial charge on any atom is 0.167 e. The van der Waals surface area contributed by atoms with Crippen LogP contribution in [0.15, 0.2) is 34.9 Å². The predicted octanol–water partition coefficient (Wildman–Crippen LogP) is 3.04. The lowest BCUT2D eigenvalue weighted by atomic mass is 10.1. The highest BCUT2D eigenvalue weighted by Gasteiger charge is 2.04. The van der Waals surface area contributed by atoms with E-state index in [2.05, 4.69) is 5.16 Å². The molecule has 0 aliphatic carbocycles. The van der Waals surface area contributed by atoms with E-state index in [1.165, 1.54) is 12.1 Å². The zero-order valence-electron chi connectivity index (χ0n) is 7.83. The summed E-state index contributed by atoms with van der Waals surface area (Å²) < 4.78 is 17.7. The standard InChI is InChI=1S/C11H10FNO/c1-2-10-7-11(14-13-10)8-3-5-9(12)6-4-8/h3-7H,2H2,1H3. The molecule has 1 aromatic carbocycles. The van der Waals surface area contributed by atoms with Crippen LogP contribution in [-0.4, -0.2) is 5.16 Å². The van der Waals surface area contributed by atoms with Crippen LogP contribution in [0.1, 0.15) is 12.6 Å². The van der Waals surface area contributed by atoms with Crippen molar-refractivity contribution in [1.82, 2.24) is 5.16 Å². The van der Waals surface area contributed by atoms with E-state index in [0.717, 1.165) is 17.7 Å². The summed E-state index contributed by atoms with van der Waals surface area (Å²) in [5.41, 5.74) is 1.75. The first kappa shape index (κ1) is 8.94. The summed E-state index contributed by atoms with van der Waals surface area (Å²) in [6, 6.07) is 8.03. The number of nitrogens with zero attached hydrogens (tertiary/aromatic N) is 1. The third kappa shape index (κ3) is 1.66. The Morgan fingerprint density at radius 3 is 2.57 bits per heavy atom. The first-order valence-electron chi connectivity index (χ1n) is 4.51. The van der Waals surface area contributed by atoms with Gasteiger partial charge in [-0.2, -0.15) is 0 Å². The molecule has 3 heteroatoms. The Balaban J connectivity index is 2.34. The maximum atomic E-state index is 12.6. The van der Waals surface area contributed by atoms with Crippen LogP contribution in [0, 0.1) is 5.82 Å². The van der Waals surface area contributed by atoms with Gasteiger partial charge in [-0.1, -0.05) is 12.1 Å². The minimum atomic E-state index is -0.246. The van der Waals surface area contributed by atoms with Gasteiger partial charge in [-0.15, -0.1) is 0 Å². The van der Waals surface area contributed by atoms with Gasteiger partial charge in [-0.05, 0) is 30.7 Å². The van der Waals surface area contributed by atoms with Crippen molar-refractivity contribution in [1.29, 1.82) is 0 Å². The summed E-state index contributed by atoms with van der Waals surface area (Å²) in [6.45, 7) is 2.01. The van der Waals surface area contributed by atoms with E-state index < -0.39 is 0 Å². The summed E-state index contributed by atoms with van der Waals surface area (Å²) in [5.74, 6) is 0.436. The summed E-state index contributed by atoms with van der Waals surface area (Å²) in [5, 5.41) is 3.86. The molecule has 2 aromatic rings. The minimum Gasteiger partial charge on any atom is -0.356 e. The second-order valence-electron chi connectivity index (χ2n) is 3.04. The predicted molar refractivity (Wildman–Crippen MR) is 51.3 cm³/mol. The van der Waals surface area contributed by atoms with E-state index in [4.69, 9.17) is 4.52 Å². The van der Waals surface area contributed by atoms with Gasteiger partial charge in [-0.25, -0.2) is 4.39 Å². The van der Waals surface area contributed by atoms with Crippen LogP contribution in [0.3, 0.4) is 0 Å². The lowest BCUT2D eigenvalue weighted by Gasteiger charge is -1.93.